The van der Waals surface area contributed by atoms with Crippen molar-refractivity contribution in [1.29, 1.82) is 0 Å². The van der Waals surface area contributed by atoms with Gasteiger partial charge < -0.3 is 26.2 Å². The number of Topliss-reactive ketones (excluding diaryl/α,β-unsaturated/α-hetero) is 1. The van der Waals surface area contributed by atoms with Gasteiger partial charge in [0.15, 0.2) is 11.9 Å². The normalized spacial score (nSPS) is 15.5. The molecular weight excluding hydrogens is 455 g/mol. The van der Waals surface area contributed by atoms with Gasteiger partial charge in [-0.25, -0.2) is 4.79 Å². The average Bonchev–Trinajstić information content (AvgIpc) is 2.76. The molecule has 0 saturated heterocycles. The van der Waals surface area contributed by atoms with E-state index in [0.29, 0.717) is 5.69 Å². The highest BCUT2D eigenvalue weighted by Gasteiger charge is 2.44. The van der Waals surface area contributed by atoms with Crippen LogP contribution < -0.4 is 16.4 Å². The molecule has 1 rings (SSSR count). The lowest BCUT2D eigenvalue weighted by molar-refractivity contribution is -0.215. The highest BCUT2D eigenvalue weighted by Crippen LogP contribution is 2.25. The molecule has 0 saturated carbocycles. The fourth-order valence-corrected chi connectivity index (χ4v) is 3.31. The van der Waals surface area contributed by atoms with Gasteiger partial charge in [0, 0.05) is 11.7 Å². The van der Waals surface area contributed by atoms with E-state index in [1.165, 1.54) is 45.2 Å². The molecule has 0 bridgehead atoms. The molecule has 0 radical (unpaired) electrons. The summed E-state index contributed by atoms with van der Waals surface area (Å²) in [4.78, 5) is 37.4. The molecule has 0 heterocycles. The summed E-state index contributed by atoms with van der Waals surface area (Å²) in [7, 11) is 1.23. The summed E-state index contributed by atoms with van der Waals surface area (Å²) in [5, 5.41) is 14.9. The van der Waals surface area contributed by atoms with Gasteiger partial charge in [0.1, 0.15) is 0 Å². The Morgan fingerprint density at radius 3 is 2.06 bits per heavy atom. The molecule has 0 aliphatic heterocycles. The number of carbonyl (C=O) groups excluding carboxylic acids is 3. The smallest absolute Gasteiger partial charge is 0.415 e. The van der Waals surface area contributed by atoms with Gasteiger partial charge in [-0.05, 0) is 49.1 Å². The number of benzene rings is 1. The van der Waals surface area contributed by atoms with Gasteiger partial charge in [-0.1, -0.05) is 27.7 Å². The molecule has 0 aliphatic rings. The molecular formula is C23H34F3N3O5. The number of esters is 1. The van der Waals surface area contributed by atoms with E-state index in [0.717, 1.165) is 0 Å². The molecule has 1 aromatic rings. The molecule has 1 aromatic carbocycles. The van der Waals surface area contributed by atoms with Gasteiger partial charge in [-0.2, -0.15) is 13.2 Å². The molecule has 4 atom stereocenters. The summed E-state index contributed by atoms with van der Waals surface area (Å²) >= 11 is 0. The molecule has 5 N–H and O–H groups in total. The van der Waals surface area contributed by atoms with E-state index in [1.54, 1.807) is 13.8 Å². The van der Waals surface area contributed by atoms with Crippen molar-refractivity contribution in [3.63, 3.8) is 0 Å². The van der Waals surface area contributed by atoms with Crippen LogP contribution in [0.1, 0.15) is 44.5 Å². The number of methoxy groups -OCH3 is 1. The summed E-state index contributed by atoms with van der Waals surface area (Å²) in [6.45, 7) is 6.35. The van der Waals surface area contributed by atoms with E-state index in [-0.39, 0.29) is 24.4 Å². The number of hydrogen-bond acceptors (Lipinski definition) is 7. The number of nitrogens with two attached hydrogens (primary N) is 1. The second-order valence-electron chi connectivity index (χ2n) is 8.78. The first-order valence-electron chi connectivity index (χ1n) is 11.0. The minimum absolute atomic E-state index is 0.126. The predicted molar refractivity (Wildman–Crippen MR) is 121 cm³/mol. The third kappa shape index (κ3) is 8.37. The fraction of sp³-hybridized carbons (Fsp3) is 0.609. The van der Waals surface area contributed by atoms with Gasteiger partial charge in [-0.15, -0.1) is 0 Å². The second kappa shape index (κ2) is 12.8. The van der Waals surface area contributed by atoms with Crippen molar-refractivity contribution in [2.24, 2.45) is 23.5 Å². The minimum atomic E-state index is -4.81. The van der Waals surface area contributed by atoms with E-state index in [4.69, 9.17) is 5.73 Å². The Kier molecular flexibility index (Phi) is 11.1. The lowest BCUT2D eigenvalue weighted by Gasteiger charge is -2.29. The van der Waals surface area contributed by atoms with Crippen LogP contribution in [0.3, 0.4) is 0 Å². The SMILES string of the molecule is COC(=O)c1ccc(NC(=O)C(CCNC(C(C)C)C(O)C(F)(F)F)C(=O)[C@H](N)C(C)C)cc1. The molecule has 192 valence electrons. The summed E-state index contributed by atoms with van der Waals surface area (Å²) in [6.07, 6.45) is -7.54. The molecule has 0 fully saturated rings. The van der Waals surface area contributed by atoms with Crippen LogP contribution in [0.5, 0.6) is 0 Å². The number of halogens is 3. The fourth-order valence-electron chi connectivity index (χ4n) is 3.31. The van der Waals surface area contributed by atoms with E-state index >= 15 is 0 Å². The standard InChI is InChI=1S/C23H34F3N3O5/c1-12(2)17(27)19(30)16(10-11-28-18(13(3)4)20(31)23(24,25)26)21(32)29-15-8-6-14(7-9-15)22(33)34-5/h6-9,12-13,16-18,20,28,31H,10-11,27H2,1-5H3,(H,29,32)/t16?,17-,18?,20?/m1/s1. The largest absolute Gasteiger partial charge is 0.465 e. The number of amides is 1. The summed E-state index contributed by atoms with van der Waals surface area (Å²) < 4.78 is 43.6. The Labute approximate surface area is 197 Å². The molecule has 8 nitrogen and oxygen atoms in total. The van der Waals surface area contributed by atoms with Crippen LogP contribution in [0.2, 0.25) is 0 Å². The van der Waals surface area contributed by atoms with Gasteiger partial charge in [-0.3, -0.25) is 9.59 Å². The first-order valence-corrected chi connectivity index (χ1v) is 11.0. The predicted octanol–water partition coefficient (Wildman–Crippen LogP) is 2.51. The van der Waals surface area contributed by atoms with Gasteiger partial charge in [0.2, 0.25) is 5.91 Å². The summed E-state index contributed by atoms with van der Waals surface area (Å²) in [5.41, 5.74) is 6.54. The highest BCUT2D eigenvalue weighted by molar-refractivity contribution is 6.09. The number of aliphatic hydroxyl groups is 1. The summed E-state index contributed by atoms with van der Waals surface area (Å²) in [6, 6.07) is 3.53. The lowest BCUT2D eigenvalue weighted by Crippen LogP contribution is -2.52. The van der Waals surface area contributed by atoms with Crippen LogP contribution in [0.4, 0.5) is 18.9 Å². The maximum atomic E-state index is 13.0. The van der Waals surface area contributed by atoms with Gasteiger partial charge in [0.25, 0.3) is 0 Å². The maximum absolute atomic E-state index is 13.0. The molecule has 0 spiro atoms. The van der Waals surface area contributed by atoms with Crippen molar-refractivity contribution in [2.45, 2.75) is 58.5 Å². The number of ketones is 1. The van der Waals surface area contributed by atoms with E-state index in [2.05, 4.69) is 15.4 Å². The van der Waals surface area contributed by atoms with Crippen LogP contribution >= 0.6 is 0 Å². The summed E-state index contributed by atoms with van der Waals surface area (Å²) in [5.74, 6) is -3.83. The Bertz CT molecular complexity index is 828. The number of anilines is 1. The molecule has 34 heavy (non-hydrogen) atoms. The number of ether oxygens (including phenoxy) is 1. The van der Waals surface area contributed by atoms with Gasteiger partial charge in [0.05, 0.1) is 24.6 Å². The van der Waals surface area contributed by atoms with Crippen molar-refractivity contribution < 1.29 is 37.4 Å². The van der Waals surface area contributed by atoms with E-state index in [1.807, 2.05) is 0 Å². The first-order chi connectivity index (χ1) is 15.7. The van der Waals surface area contributed by atoms with Crippen molar-refractivity contribution in [3.05, 3.63) is 29.8 Å². The Balaban J connectivity index is 2.99. The van der Waals surface area contributed by atoms with Crippen molar-refractivity contribution in [3.8, 4) is 0 Å². The van der Waals surface area contributed by atoms with Crippen LogP contribution in [0, 0.1) is 17.8 Å². The molecule has 0 aromatic heterocycles. The third-order valence-corrected chi connectivity index (χ3v) is 5.49. The topological polar surface area (TPSA) is 131 Å². The molecule has 3 unspecified atom stereocenters. The van der Waals surface area contributed by atoms with E-state index in [9.17, 15) is 32.7 Å². The number of alkyl halides is 3. The third-order valence-electron chi connectivity index (χ3n) is 5.49. The zero-order valence-corrected chi connectivity index (χ0v) is 20.0. The van der Waals surface area contributed by atoms with Crippen molar-refractivity contribution in [1.82, 2.24) is 5.32 Å². The zero-order chi connectivity index (χ0) is 26.2. The minimum Gasteiger partial charge on any atom is -0.465 e. The maximum Gasteiger partial charge on any atom is 0.415 e. The first kappa shape index (κ1) is 29.5. The Morgan fingerprint density at radius 1 is 1.06 bits per heavy atom. The molecule has 11 heteroatoms. The number of hydrogen-bond donors (Lipinski definition) is 4. The Morgan fingerprint density at radius 2 is 1.62 bits per heavy atom. The molecule has 1 amide bonds. The molecule has 0 aliphatic carbocycles. The van der Waals surface area contributed by atoms with Crippen LogP contribution in [0.15, 0.2) is 24.3 Å². The second-order valence-corrected chi connectivity index (χ2v) is 8.78. The zero-order valence-electron chi connectivity index (χ0n) is 20.0. The number of aliphatic hydroxyl groups excluding tert-OH is 1. The number of nitrogens with one attached hydrogen (secondary N) is 2. The highest BCUT2D eigenvalue weighted by atomic mass is 19.4. The Hall–Kier alpha value is -2.50. The average molecular weight is 490 g/mol. The van der Waals surface area contributed by atoms with Crippen LogP contribution in [0.25, 0.3) is 0 Å². The van der Waals surface area contributed by atoms with Crippen molar-refractivity contribution in [2.75, 3.05) is 19.0 Å². The monoisotopic (exact) mass is 489 g/mol. The van der Waals surface area contributed by atoms with E-state index < -0.39 is 53.9 Å². The van der Waals surface area contributed by atoms with Crippen LogP contribution in [-0.4, -0.2) is 60.8 Å². The lowest BCUT2D eigenvalue weighted by atomic mass is 9.88. The van der Waals surface area contributed by atoms with Gasteiger partial charge >= 0.3 is 12.1 Å². The van der Waals surface area contributed by atoms with Crippen molar-refractivity contribution >= 4 is 23.3 Å². The quantitative estimate of drug-likeness (QED) is 0.262. The van der Waals surface area contributed by atoms with Crippen LogP contribution in [-0.2, 0) is 14.3 Å². The number of carbonyl (C=O) groups is 3. The number of rotatable bonds is 12.